The lowest BCUT2D eigenvalue weighted by Gasteiger charge is -2.25. The van der Waals surface area contributed by atoms with Crippen molar-refractivity contribution < 1.29 is 9.59 Å². The number of hydrogen-bond donors (Lipinski definition) is 3. The van der Waals surface area contributed by atoms with Gasteiger partial charge in [0.1, 0.15) is 0 Å². The lowest BCUT2D eigenvalue weighted by Crippen LogP contribution is -2.49. The predicted molar refractivity (Wildman–Crippen MR) is 68.6 cm³/mol. The van der Waals surface area contributed by atoms with Crippen LogP contribution < -0.4 is 16.0 Å². The minimum atomic E-state index is -0.527. The zero-order valence-corrected chi connectivity index (χ0v) is 11.7. The van der Waals surface area contributed by atoms with Gasteiger partial charge in [0.15, 0.2) is 0 Å². The highest BCUT2D eigenvalue weighted by molar-refractivity contribution is 5.83. The van der Waals surface area contributed by atoms with E-state index in [1.165, 1.54) is 0 Å². The topological polar surface area (TPSA) is 70.2 Å². The van der Waals surface area contributed by atoms with Crippen molar-refractivity contribution in [1.29, 1.82) is 0 Å². The van der Waals surface area contributed by atoms with Gasteiger partial charge in [-0.15, -0.1) is 0 Å². The Hall–Kier alpha value is -1.10. The van der Waals surface area contributed by atoms with Crippen LogP contribution in [0.3, 0.4) is 0 Å². The van der Waals surface area contributed by atoms with E-state index >= 15 is 0 Å². The molecular formula is C12H25N3O2. The molecule has 0 aliphatic rings. The molecule has 0 heterocycles. The molecule has 0 aromatic heterocycles. The molecule has 0 rings (SSSR count). The van der Waals surface area contributed by atoms with E-state index in [1.54, 1.807) is 14.0 Å². The molecule has 100 valence electrons. The van der Waals surface area contributed by atoms with E-state index in [0.717, 1.165) is 0 Å². The largest absolute Gasteiger partial charge is 0.359 e. The summed E-state index contributed by atoms with van der Waals surface area (Å²) in [5.74, 6) is -0.0887. The average molecular weight is 243 g/mol. The van der Waals surface area contributed by atoms with Gasteiger partial charge in [0.05, 0.1) is 11.5 Å². The normalized spacial score (nSPS) is 13.4. The van der Waals surface area contributed by atoms with Crippen molar-refractivity contribution in [2.45, 2.75) is 46.7 Å². The van der Waals surface area contributed by atoms with Gasteiger partial charge in [-0.25, -0.2) is 0 Å². The number of rotatable bonds is 6. The summed E-state index contributed by atoms with van der Waals surface area (Å²) in [6, 6.07) is -0.181. The molecule has 5 heteroatoms. The molecule has 17 heavy (non-hydrogen) atoms. The molecule has 0 saturated heterocycles. The first-order valence-corrected chi connectivity index (χ1v) is 5.96. The average Bonchev–Trinajstić information content (AvgIpc) is 2.23. The van der Waals surface area contributed by atoms with Crippen molar-refractivity contribution in [1.82, 2.24) is 16.0 Å². The van der Waals surface area contributed by atoms with Gasteiger partial charge in [0.25, 0.3) is 0 Å². The number of hydrogen-bond acceptors (Lipinski definition) is 3. The molecule has 3 N–H and O–H groups in total. The SMILES string of the molecule is CNC(=O)C(C)(C)CNC(C)C(=O)NC(C)C. The van der Waals surface area contributed by atoms with Gasteiger partial charge in [-0.1, -0.05) is 0 Å². The first kappa shape index (κ1) is 15.9. The molecule has 0 spiro atoms. The molecule has 0 aliphatic heterocycles. The van der Waals surface area contributed by atoms with Gasteiger partial charge in [-0.05, 0) is 34.6 Å². The Morgan fingerprint density at radius 3 is 2.12 bits per heavy atom. The third-order valence-corrected chi connectivity index (χ3v) is 2.52. The maximum absolute atomic E-state index is 11.6. The lowest BCUT2D eigenvalue weighted by molar-refractivity contribution is -0.129. The first-order valence-electron chi connectivity index (χ1n) is 5.96. The third kappa shape index (κ3) is 5.68. The Balaban J connectivity index is 4.19. The second kappa shape index (κ2) is 6.59. The lowest BCUT2D eigenvalue weighted by atomic mass is 9.92. The fourth-order valence-electron chi connectivity index (χ4n) is 1.33. The summed E-state index contributed by atoms with van der Waals surface area (Å²) in [7, 11) is 1.61. The van der Waals surface area contributed by atoms with Crippen LogP contribution in [0.1, 0.15) is 34.6 Å². The van der Waals surface area contributed by atoms with Crippen LogP contribution in [0.2, 0.25) is 0 Å². The van der Waals surface area contributed by atoms with E-state index in [0.29, 0.717) is 6.54 Å². The number of amides is 2. The van der Waals surface area contributed by atoms with Gasteiger partial charge in [-0.2, -0.15) is 0 Å². The van der Waals surface area contributed by atoms with E-state index in [4.69, 9.17) is 0 Å². The van der Waals surface area contributed by atoms with Crippen molar-refractivity contribution in [2.75, 3.05) is 13.6 Å². The fourth-order valence-corrected chi connectivity index (χ4v) is 1.33. The first-order chi connectivity index (χ1) is 7.70. The standard InChI is InChI=1S/C12H25N3O2/c1-8(2)15-10(16)9(3)14-7-12(4,5)11(17)13-6/h8-9,14H,7H2,1-6H3,(H,13,17)(H,15,16). The van der Waals surface area contributed by atoms with Gasteiger partial charge >= 0.3 is 0 Å². The summed E-state index contributed by atoms with van der Waals surface area (Å²) >= 11 is 0. The highest BCUT2D eigenvalue weighted by Gasteiger charge is 2.27. The predicted octanol–water partition coefficient (Wildman–Crippen LogP) is 0.261. The number of carbonyl (C=O) groups excluding carboxylic acids is 2. The van der Waals surface area contributed by atoms with Crippen molar-refractivity contribution in [3.63, 3.8) is 0 Å². The fraction of sp³-hybridized carbons (Fsp3) is 0.833. The summed E-state index contributed by atoms with van der Waals surface area (Å²) in [5.41, 5.74) is -0.527. The van der Waals surface area contributed by atoms with Crippen LogP contribution in [0.5, 0.6) is 0 Å². The smallest absolute Gasteiger partial charge is 0.237 e. The van der Waals surface area contributed by atoms with Crippen LogP contribution in [0.15, 0.2) is 0 Å². The van der Waals surface area contributed by atoms with Crippen LogP contribution in [0.4, 0.5) is 0 Å². The van der Waals surface area contributed by atoms with Crippen molar-refractivity contribution >= 4 is 11.8 Å². The molecule has 0 aromatic carbocycles. The van der Waals surface area contributed by atoms with Gasteiger partial charge in [0.2, 0.25) is 11.8 Å². The van der Waals surface area contributed by atoms with Crippen molar-refractivity contribution in [3.8, 4) is 0 Å². The maximum Gasteiger partial charge on any atom is 0.237 e. The summed E-state index contributed by atoms with van der Waals surface area (Å²) in [6.45, 7) is 9.76. The van der Waals surface area contributed by atoms with Crippen LogP contribution in [0.25, 0.3) is 0 Å². The molecule has 0 saturated carbocycles. The molecule has 0 fully saturated rings. The Morgan fingerprint density at radius 2 is 1.71 bits per heavy atom. The molecule has 0 aromatic rings. The second-order valence-corrected chi connectivity index (χ2v) is 5.23. The van der Waals surface area contributed by atoms with Crippen LogP contribution >= 0.6 is 0 Å². The molecule has 1 unspecified atom stereocenters. The van der Waals surface area contributed by atoms with E-state index < -0.39 is 5.41 Å². The molecule has 0 bridgehead atoms. The highest BCUT2D eigenvalue weighted by Crippen LogP contribution is 2.13. The Labute approximate surface area is 104 Å². The summed E-state index contributed by atoms with van der Waals surface area (Å²) in [6.07, 6.45) is 0. The Bertz CT molecular complexity index is 275. The molecule has 1 atom stereocenters. The van der Waals surface area contributed by atoms with E-state index in [2.05, 4.69) is 16.0 Å². The number of carbonyl (C=O) groups is 2. The Kier molecular flexibility index (Phi) is 6.16. The maximum atomic E-state index is 11.6. The quantitative estimate of drug-likeness (QED) is 0.627. The van der Waals surface area contributed by atoms with Gasteiger partial charge < -0.3 is 16.0 Å². The molecule has 0 aliphatic carbocycles. The Morgan fingerprint density at radius 1 is 1.18 bits per heavy atom. The van der Waals surface area contributed by atoms with E-state index in [9.17, 15) is 9.59 Å². The zero-order valence-electron chi connectivity index (χ0n) is 11.7. The molecule has 2 amide bonds. The molecule has 0 radical (unpaired) electrons. The minimum Gasteiger partial charge on any atom is -0.359 e. The second-order valence-electron chi connectivity index (χ2n) is 5.23. The number of nitrogens with one attached hydrogen (secondary N) is 3. The minimum absolute atomic E-state index is 0.0403. The zero-order chi connectivity index (χ0) is 13.6. The highest BCUT2D eigenvalue weighted by atomic mass is 16.2. The third-order valence-electron chi connectivity index (χ3n) is 2.52. The van der Waals surface area contributed by atoms with Crippen LogP contribution in [-0.2, 0) is 9.59 Å². The summed E-state index contributed by atoms with van der Waals surface area (Å²) < 4.78 is 0. The summed E-state index contributed by atoms with van der Waals surface area (Å²) in [4.78, 5) is 23.2. The van der Waals surface area contributed by atoms with E-state index in [1.807, 2.05) is 27.7 Å². The van der Waals surface area contributed by atoms with Crippen molar-refractivity contribution in [3.05, 3.63) is 0 Å². The molecular weight excluding hydrogens is 218 g/mol. The van der Waals surface area contributed by atoms with Crippen LogP contribution in [-0.4, -0.2) is 37.5 Å². The van der Waals surface area contributed by atoms with Gasteiger partial charge in [-0.3, -0.25) is 9.59 Å². The van der Waals surface area contributed by atoms with Crippen molar-refractivity contribution in [2.24, 2.45) is 5.41 Å². The summed E-state index contributed by atoms with van der Waals surface area (Å²) in [5, 5.41) is 8.50. The van der Waals surface area contributed by atoms with Crippen LogP contribution in [0, 0.1) is 5.41 Å². The van der Waals surface area contributed by atoms with Gasteiger partial charge in [0, 0.05) is 19.6 Å². The molecule has 5 nitrogen and oxygen atoms in total. The van der Waals surface area contributed by atoms with E-state index in [-0.39, 0.29) is 23.9 Å². The monoisotopic (exact) mass is 243 g/mol.